The average molecular weight is 313 g/mol. The van der Waals surface area contributed by atoms with Gasteiger partial charge >= 0.3 is 5.97 Å². The van der Waals surface area contributed by atoms with Crippen LogP contribution in [0.15, 0.2) is 42.7 Å². The van der Waals surface area contributed by atoms with Crippen molar-refractivity contribution in [1.29, 1.82) is 0 Å². The van der Waals surface area contributed by atoms with Crippen molar-refractivity contribution in [2.75, 3.05) is 12.0 Å². The van der Waals surface area contributed by atoms with Crippen LogP contribution < -0.4 is 9.64 Å². The highest BCUT2D eigenvalue weighted by atomic mass is 16.5. The van der Waals surface area contributed by atoms with E-state index in [1.807, 2.05) is 6.07 Å². The van der Waals surface area contributed by atoms with E-state index in [9.17, 15) is 9.59 Å². The summed E-state index contributed by atoms with van der Waals surface area (Å²) in [6, 6.07) is 8.87. The van der Waals surface area contributed by atoms with Crippen LogP contribution in [0.4, 0.5) is 5.69 Å². The van der Waals surface area contributed by atoms with Crippen molar-refractivity contribution in [3.63, 3.8) is 0 Å². The molecule has 23 heavy (non-hydrogen) atoms. The molecular formula is C16H15N3O4. The highest BCUT2D eigenvalue weighted by Crippen LogP contribution is 2.35. The Balaban J connectivity index is 1.91. The summed E-state index contributed by atoms with van der Waals surface area (Å²) in [4.78, 5) is 34.0. The molecule has 0 radical (unpaired) electrons. The number of nitrogens with zero attached hydrogens (tertiary/aromatic N) is 3. The van der Waals surface area contributed by atoms with Gasteiger partial charge in [0.1, 0.15) is 11.6 Å². The second-order valence-corrected chi connectivity index (χ2v) is 4.94. The first-order chi connectivity index (χ1) is 11.2. The number of amides is 1. The molecule has 1 aromatic carbocycles. The Bertz CT molecular complexity index is 720. The van der Waals surface area contributed by atoms with Crippen molar-refractivity contribution in [3.8, 4) is 5.75 Å². The third kappa shape index (κ3) is 3.13. The number of esters is 1. The predicted octanol–water partition coefficient (Wildman–Crippen LogP) is 1.33. The predicted molar refractivity (Wildman–Crippen MR) is 80.7 cm³/mol. The van der Waals surface area contributed by atoms with Crippen LogP contribution in [0.1, 0.15) is 12.2 Å². The minimum Gasteiger partial charge on any atom is -0.478 e. The fourth-order valence-corrected chi connectivity index (χ4v) is 2.36. The summed E-state index contributed by atoms with van der Waals surface area (Å²) in [7, 11) is 1.28. The van der Waals surface area contributed by atoms with Crippen LogP contribution in [0.3, 0.4) is 0 Å². The standard InChI is InChI=1S/C16H15N3O4/c1-22-15(20)9-13-16(21)19(10-14-17-7-4-8-18-14)11-5-2-3-6-12(11)23-13/h2-8,13H,9-10H2,1H3/t13-/m0/s1. The summed E-state index contributed by atoms with van der Waals surface area (Å²) >= 11 is 0. The minimum absolute atomic E-state index is 0.143. The molecular weight excluding hydrogens is 298 g/mol. The van der Waals surface area contributed by atoms with Crippen LogP contribution in [0, 0.1) is 0 Å². The molecule has 7 heteroatoms. The van der Waals surface area contributed by atoms with Gasteiger partial charge in [-0.05, 0) is 18.2 Å². The second-order valence-electron chi connectivity index (χ2n) is 4.94. The molecule has 0 aliphatic carbocycles. The Kier molecular flexibility index (Phi) is 4.18. The van der Waals surface area contributed by atoms with E-state index in [-0.39, 0.29) is 18.9 Å². The molecule has 2 aromatic rings. The zero-order valence-corrected chi connectivity index (χ0v) is 12.5. The molecule has 0 unspecified atom stereocenters. The molecule has 1 aliphatic rings. The second kappa shape index (κ2) is 6.43. The number of fused-ring (bicyclic) bond motifs is 1. The lowest BCUT2D eigenvalue weighted by Crippen LogP contribution is -2.46. The Morgan fingerprint density at radius 2 is 2.00 bits per heavy atom. The molecule has 0 N–H and O–H groups in total. The van der Waals surface area contributed by atoms with Crippen LogP contribution in [-0.2, 0) is 20.9 Å². The largest absolute Gasteiger partial charge is 0.478 e. The molecule has 0 saturated carbocycles. The topological polar surface area (TPSA) is 81.6 Å². The van der Waals surface area contributed by atoms with E-state index in [0.29, 0.717) is 17.3 Å². The van der Waals surface area contributed by atoms with Crippen molar-refractivity contribution >= 4 is 17.6 Å². The maximum Gasteiger partial charge on any atom is 0.309 e. The zero-order chi connectivity index (χ0) is 16.2. The number of benzene rings is 1. The summed E-state index contributed by atoms with van der Waals surface area (Å²) in [5.74, 6) is 0.228. The average Bonchev–Trinajstić information content (AvgIpc) is 2.59. The minimum atomic E-state index is -0.916. The summed E-state index contributed by atoms with van der Waals surface area (Å²) in [6.45, 7) is 0.206. The number of ether oxygens (including phenoxy) is 2. The molecule has 118 valence electrons. The monoisotopic (exact) mass is 313 g/mol. The zero-order valence-electron chi connectivity index (χ0n) is 12.5. The lowest BCUT2D eigenvalue weighted by Gasteiger charge is -2.33. The highest BCUT2D eigenvalue weighted by Gasteiger charge is 2.36. The molecule has 0 fully saturated rings. The Hall–Kier alpha value is -2.96. The van der Waals surface area contributed by atoms with E-state index < -0.39 is 12.1 Å². The van der Waals surface area contributed by atoms with Gasteiger partial charge in [-0.15, -0.1) is 0 Å². The van der Waals surface area contributed by atoms with E-state index in [1.54, 1.807) is 36.7 Å². The molecule has 1 aromatic heterocycles. The van der Waals surface area contributed by atoms with E-state index in [1.165, 1.54) is 12.0 Å². The van der Waals surface area contributed by atoms with E-state index in [0.717, 1.165) is 0 Å². The van der Waals surface area contributed by atoms with Crippen LogP contribution in [0.25, 0.3) is 0 Å². The molecule has 0 spiro atoms. The first-order valence-electron chi connectivity index (χ1n) is 7.09. The van der Waals surface area contributed by atoms with Crippen molar-refractivity contribution in [2.24, 2.45) is 0 Å². The first-order valence-corrected chi connectivity index (χ1v) is 7.09. The molecule has 0 bridgehead atoms. The molecule has 2 heterocycles. The van der Waals surface area contributed by atoms with Crippen molar-refractivity contribution in [1.82, 2.24) is 9.97 Å². The quantitative estimate of drug-likeness (QED) is 0.792. The van der Waals surface area contributed by atoms with Gasteiger partial charge < -0.3 is 9.47 Å². The first kappa shape index (κ1) is 15.0. The molecule has 3 rings (SSSR count). The number of anilines is 1. The van der Waals surface area contributed by atoms with Crippen molar-refractivity contribution in [3.05, 3.63) is 48.5 Å². The maximum absolute atomic E-state index is 12.7. The smallest absolute Gasteiger partial charge is 0.309 e. The molecule has 1 atom stereocenters. The summed E-state index contributed by atoms with van der Waals surface area (Å²) in [6.07, 6.45) is 2.17. The van der Waals surface area contributed by atoms with Crippen molar-refractivity contribution < 1.29 is 19.1 Å². The third-order valence-electron chi connectivity index (χ3n) is 3.47. The third-order valence-corrected chi connectivity index (χ3v) is 3.47. The van der Waals surface area contributed by atoms with Crippen LogP contribution in [0.5, 0.6) is 5.75 Å². The van der Waals surface area contributed by atoms with E-state index in [4.69, 9.17) is 4.74 Å². The number of hydrogen-bond acceptors (Lipinski definition) is 6. The van der Waals surface area contributed by atoms with Gasteiger partial charge in [-0.2, -0.15) is 0 Å². The Labute approximate surface area is 132 Å². The number of aromatic nitrogens is 2. The fraction of sp³-hybridized carbons (Fsp3) is 0.250. The number of carbonyl (C=O) groups is 2. The number of hydrogen-bond donors (Lipinski definition) is 0. The molecule has 1 aliphatic heterocycles. The number of para-hydroxylation sites is 2. The van der Waals surface area contributed by atoms with Crippen molar-refractivity contribution in [2.45, 2.75) is 19.1 Å². The van der Waals surface area contributed by atoms with E-state index >= 15 is 0 Å². The Morgan fingerprint density at radius 1 is 1.26 bits per heavy atom. The van der Waals surface area contributed by atoms with Gasteiger partial charge in [0.2, 0.25) is 0 Å². The van der Waals surface area contributed by atoms with Gasteiger partial charge in [-0.3, -0.25) is 14.5 Å². The number of carbonyl (C=O) groups excluding carboxylic acids is 2. The molecule has 7 nitrogen and oxygen atoms in total. The Morgan fingerprint density at radius 3 is 2.74 bits per heavy atom. The van der Waals surface area contributed by atoms with Gasteiger partial charge in [0, 0.05) is 12.4 Å². The summed E-state index contributed by atoms with van der Waals surface area (Å²) in [5, 5.41) is 0. The van der Waals surface area contributed by atoms with E-state index in [2.05, 4.69) is 14.7 Å². The van der Waals surface area contributed by atoms with Gasteiger partial charge in [0.25, 0.3) is 5.91 Å². The molecule has 1 amide bonds. The lowest BCUT2D eigenvalue weighted by atomic mass is 10.1. The number of methoxy groups -OCH3 is 1. The summed E-state index contributed by atoms with van der Waals surface area (Å²) < 4.78 is 10.3. The fourth-order valence-electron chi connectivity index (χ4n) is 2.36. The molecule has 0 saturated heterocycles. The van der Waals surface area contributed by atoms with Gasteiger partial charge in [0.15, 0.2) is 6.10 Å². The van der Waals surface area contributed by atoms with Crippen LogP contribution >= 0.6 is 0 Å². The number of rotatable bonds is 4. The van der Waals surface area contributed by atoms with Gasteiger partial charge in [-0.1, -0.05) is 12.1 Å². The van der Waals surface area contributed by atoms with Crippen LogP contribution in [-0.4, -0.2) is 35.1 Å². The van der Waals surface area contributed by atoms with Gasteiger partial charge in [0.05, 0.1) is 25.8 Å². The highest BCUT2D eigenvalue weighted by molar-refractivity contribution is 6.01. The lowest BCUT2D eigenvalue weighted by molar-refractivity contribution is -0.145. The SMILES string of the molecule is COC(=O)C[C@@H]1Oc2ccccc2N(Cc2ncccn2)C1=O. The van der Waals surface area contributed by atoms with Crippen LogP contribution in [0.2, 0.25) is 0 Å². The van der Waals surface area contributed by atoms with Gasteiger partial charge in [-0.25, -0.2) is 9.97 Å². The normalized spacial score (nSPS) is 16.5. The summed E-state index contributed by atoms with van der Waals surface area (Å²) in [5.41, 5.74) is 0.631. The maximum atomic E-state index is 12.7.